The second kappa shape index (κ2) is 12.7. The van der Waals surface area contributed by atoms with Crippen molar-refractivity contribution in [3.05, 3.63) is 59.7 Å². The largest absolute Gasteiger partial charge is 0.352 e. The quantitative estimate of drug-likeness (QED) is 0.403. The molecule has 2 heterocycles. The molecule has 4 rings (SSSR count). The molecule has 0 bridgehead atoms. The van der Waals surface area contributed by atoms with Crippen molar-refractivity contribution >= 4 is 35.5 Å². The zero-order valence-corrected chi connectivity index (χ0v) is 23.3. The fourth-order valence-electron chi connectivity index (χ4n) is 5.32. The monoisotopic (exact) mass is 538 g/mol. The van der Waals surface area contributed by atoms with Gasteiger partial charge in [-0.05, 0) is 69.3 Å². The zero-order valence-electron chi connectivity index (χ0n) is 22.4. The number of rotatable bonds is 10. The molecule has 2 aliphatic rings. The number of hydrogen-bond donors (Lipinski definition) is 3. The molecule has 9 heteroatoms. The molecule has 204 valence electrons. The minimum atomic E-state index is -3.35. The van der Waals surface area contributed by atoms with Gasteiger partial charge in [0.05, 0.1) is 11.8 Å². The van der Waals surface area contributed by atoms with Crippen LogP contribution in [0.25, 0.3) is 0 Å². The molecular formula is C29H39N4O4P. The highest BCUT2D eigenvalue weighted by Crippen LogP contribution is 2.54. The lowest BCUT2D eigenvalue weighted by Crippen LogP contribution is -2.47. The Morgan fingerprint density at radius 2 is 1.37 bits per heavy atom. The average molecular weight is 539 g/mol. The molecule has 2 fully saturated rings. The first kappa shape index (κ1) is 28.1. The van der Waals surface area contributed by atoms with E-state index in [9.17, 15) is 14.4 Å². The molecule has 8 nitrogen and oxygen atoms in total. The van der Waals surface area contributed by atoms with Crippen molar-refractivity contribution in [2.75, 3.05) is 26.2 Å². The first-order chi connectivity index (χ1) is 18.4. The Bertz CT molecular complexity index is 1110. The number of hydrogen-bond acceptors (Lipinski definition) is 5. The summed E-state index contributed by atoms with van der Waals surface area (Å²) in [4.78, 5) is 40.3. The van der Waals surface area contributed by atoms with Gasteiger partial charge in [0, 0.05) is 41.4 Å². The molecule has 3 amide bonds. The molecule has 2 atom stereocenters. The fraction of sp³-hybridized carbons (Fsp3) is 0.483. The van der Waals surface area contributed by atoms with Crippen LogP contribution in [0.2, 0.25) is 0 Å². The number of benzene rings is 2. The summed E-state index contributed by atoms with van der Waals surface area (Å²) < 4.78 is 15.2. The van der Waals surface area contributed by atoms with E-state index in [-0.39, 0.29) is 23.8 Å². The van der Waals surface area contributed by atoms with Crippen LogP contribution < -0.4 is 26.6 Å². The van der Waals surface area contributed by atoms with Crippen LogP contribution >= 0.6 is 7.14 Å². The topological polar surface area (TPSA) is 108 Å². The molecular weight excluding hydrogens is 499 g/mol. The van der Waals surface area contributed by atoms with E-state index in [0.29, 0.717) is 47.8 Å². The first-order valence-electron chi connectivity index (χ1n) is 13.8. The van der Waals surface area contributed by atoms with Crippen LogP contribution in [-0.2, 0) is 9.36 Å². The van der Waals surface area contributed by atoms with E-state index in [4.69, 9.17) is 0 Å². The molecule has 0 aromatic heterocycles. The Morgan fingerprint density at radius 3 is 1.82 bits per heavy atom. The maximum absolute atomic E-state index is 15.2. The van der Waals surface area contributed by atoms with Crippen LogP contribution in [0.4, 0.5) is 0 Å². The summed E-state index contributed by atoms with van der Waals surface area (Å²) in [5, 5.41) is 10.2. The number of carbonyl (C=O) groups is 3. The van der Waals surface area contributed by atoms with Crippen molar-refractivity contribution in [1.82, 2.24) is 20.9 Å². The molecule has 3 N–H and O–H groups in total. The standard InChI is InChI=1S/C29H39N4O4P/c1-3-17-31-27(34)21-9-13-23(14-10-21)38(37,24-15-11-22(12-16-24)28(35)32-18-4-2)26-8-6-20-33(26)29(36)25-7-5-19-30-25/h9-16,25-26,30H,3-8,17-20H2,1-2H3,(H,31,34)(H,32,35)/t25-,26?/m0/s1. The number of nitrogens with zero attached hydrogens (tertiary/aromatic N) is 1. The van der Waals surface area contributed by atoms with Crippen LogP contribution in [0, 0.1) is 0 Å². The van der Waals surface area contributed by atoms with Crippen molar-refractivity contribution in [3.63, 3.8) is 0 Å². The van der Waals surface area contributed by atoms with Crippen LogP contribution in [-0.4, -0.2) is 60.6 Å². The highest BCUT2D eigenvalue weighted by atomic mass is 31.2. The van der Waals surface area contributed by atoms with E-state index in [1.165, 1.54) is 0 Å². The minimum absolute atomic E-state index is 0.0105. The van der Waals surface area contributed by atoms with Crippen molar-refractivity contribution < 1.29 is 18.9 Å². The molecule has 2 aromatic carbocycles. The molecule has 2 aromatic rings. The van der Waals surface area contributed by atoms with E-state index >= 15 is 4.57 Å². The number of carbonyl (C=O) groups excluding carboxylic acids is 3. The van der Waals surface area contributed by atoms with Crippen molar-refractivity contribution in [1.29, 1.82) is 0 Å². The van der Waals surface area contributed by atoms with E-state index in [0.717, 1.165) is 38.6 Å². The summed E-state index contributed by atoms with van der Waals surface area (Å²) in [6, 6.07) is 13.6. The Morgan fingerprint density at radius 1 is 0.842 bits per heavy atom. The fourth-order valence-corrected chi connectivity index (χ4v) is 8.66. The zero-order chi connectivity index (χ0) is 27.1. The summed E-state index contributed by atoms with van der Waals surface area (Å²) in [7, 11) is -3.35. The molecule has 1 unspecified atom stereocenters. The minimum Gasteiger partial charge on any atom is -0.352 e. The molecule has 0 radical (unpaired) electrons. The molecule has 2 aliphatic heterocycles. The van der Waals surface area contributed by atoms with Gasteiger partial charge in [-0.25, -0.2) is 0 Å². The van der Waals surface area contributed by atoms with Gasteiger partial charge in [-0.2, -0.15) is 0 Å². The van der Waals surface area contributed by atoms with Gasteiger partial charge in [-0.3, -0.25) is 14.4 Å². The molecule has 2 saturated heterocycles. The molecule has 38 heavy (non-hydrogen) atoms. The van der Waals surface area contributed by atoms with Crippen molar-refractivity contribution in [2.24, 2.45) is 0 Å². The Labute approximate surface area is 225 Å². The van der Waals surface area contributed by atoms with Gasteiger partial charge in [0.15, 0.2) is 7.14 Å². The third-order valence-electron chi connectivity index (χ3n) is 7.38. The molecule has 0 spiro atoms. The van der Waals surface area contributed by atoms with Gasteiger partial charge in [0.1, 0.15) is 0 Å². The van der Waals surface area contributed by atoms with Crippen LogP contribution in [0.3, 0.4) is 0 Å². The van der Waals surface area contributed by atoms with E-state index in [1.54, 1.807) is 48.5 Å². The van der Waals surface area contributed by atoms with Crippen molar-refractivity contribution in [2.45, 2.75) is 64.2 Å². The highest BCUT2D eigenvalue weighted by Gasteiger charge is 2.46. The lowest BCUT2D eigenvalue weighted by molar-refractivity contribution is -0.132. The van der Waals surface area contributed by atoms with Gasteiger partial charge >= 0.3 is 0 Å². The van der Waals surface area contributed by atoms with Crippen LogP contribution in [0.5, 0.6) is 0 Å². The van der Waals surface area contributed by atoms with Crippen LogP contribution in [0.15, 0.2) is 48.5 Å². The second-order valence-corrected chi connectivity index (χ2v) is 13.0. The van der Waals surface area contributed by atoms with Gasteiger partial charge in [0.2, 0.25) is 5.91 Å². The smallest absolute Gasteiger partial charge is 0.251 e. The Balaban J connectivity index is 1.71. The molecule has 0 saturated carbocycles. The van der Waals surface area contributed by atoms with E-state index in [1.807, 2.05) is 18.7 Å². The predicted octanol–water partition coefficient (Wildman–Crippen LogP) is 2.98. The van der Waals surface area contributed by atoms with Gasteiger partial charge in [-0.1, -0.05) is 38.1 Å². The normalized spacial score (nSPS) is 19.4. The summed E-state index contributed by atoms with van der Waals surface area (Å²) >= 11 is 0. The SMILES string of the molecule is CCCNC(=O)c1ccc(P(=O)(c2ccc(C(=O)NCCC)cc2)C2CCCN2C(=O)[C@@H]2CCCN2)cc1. The van der Waals surface area contributed by atoms with Gasteiger partial charge < -0.3 is 25.4 Å². The lowest BCUT2D eigenvalue weighted by Gasteiger charge is -2.34. The predicted molar refractivity (Wildman–Crippen MR) is 151 cm³/mol. The number of nitrogens with one attached hydrogen (secondary N) is 3. The van der Waals surface area contributed by atoms with Gasteiger partial charge in [-0.15, -0.1) is 0 Å². The Hall–Kier alpha value is -2.96. The van der Waals surface area contributed by atoms with Crippen molar-refractivity contribution in [3.8, 4) is 0 Å². The number of amides is 3. The van der Waals surface area contributed by atoms with Crippen LogP contribution in [0.1, 0.15) is 73.1 Å². The third-order valence-corrected chi connectivity index (χ3v) is 10.9. The van der Waals surface area contributed by atoms with E-state index < -0.39 is 12.9 Å². The Kier molecular flexibility index (Phi) is 9.40. The summed E-state index contributed by atoms with van der Waals surface area (Å²) in [5.41, 5.74) is 1.01. The van der Waals surface area contributed by atoms with Gasteiger partial charge in [0.25, 0.3) is 11.8 Å². The number of likely N-dealkylation sites (tertiary alicyclic amines) is 1. The second-order valence-electron chi connectivity index (χ2n) is 10.1. The maximum Gasteiger partial charge on any atom is 0.251 e. The highest BCUT2D eigenvalue weighted by molar-refractivity contribution is 7.79. The first-order valence-corrected chi connectivity index (χ1v) is 15.6. The summed E-state index contributed by atoms with van der Waals surface area (Å²) in [6.07, 6.45) is 4.83. The summed E-state index contributed by atoms with van der Waals surface area (Å²) in [6.45, 7) is 6.55. The van der Waals surface area contributed by atoms with E-state index in [2.05, 4.69) is 16.0 Å². The lowest BCUT2D eigenvalue weighted by atomic mass is 10.2. The summed E-state index contributed by atoms with van der Waals surface area (Å²) in [5.74, 6) is -0.797. The third kappa shape index (κ3) is 5.87. The maximum atomic E-state index is 15.2. The average Bonchev–Trinajstić information content (AvgIpc) is 3.67. The molecule has 0 aliphatic carbocycles.